The average Bonchev–Trinajstić information content (AvgIpc) is 1.57. The topological polar surface area (TPSA) is 113 Å². The molecule has 0 N–H and O–H groups in total. The Kier molecular flexibility index (Phi) is 21.9. The first-order chi connectivity index (χ1) is 55.5. The Balaban J connectivity index is 0.000000126. The smallest absolute Gasteiger partial charge is 0.216 e. The maximum absolute atomic E-state index is 15.6. The molecule has 0 bridgehead atoms. The van der Waals surface area contributed by atoms with Gasteiger partial charge in [-0.15, -0.1) is 120 Å². The van der Waals surface area contributed by atoms with Crippen LogP contribution >= 0.6 is 11.3 Å². The number of halogens is 2. The minimum Gasteiger partial charge on any atom is -0.496 e. The second-order valence-corrected chi connectivity index (χ2v) is 41.4. The number of nitrogens with zero attached hydrogens (tertiary/aromatic N) is 8. The Morgan fingerprint density at radius 1 is 0.379 bits per heavy atom. The maximum Gasteiger partial charge on any atom is 0.216 e. The van der Waals surface area contributed by atoms with Crippen molar-refractivity contribution in [1.29, 1.82) is 0 Å². The van der Waals surface area contributed by atoms with Gasteiger partial charge < -0.3 is 27.9 Å². The van der Waals surface area contributed by atoms with Gasteiger partial charge >= 0.3 is 0 Å². The van der Waals surface area contributed by atoms with Gasteiger partial charge in [0, 0.05) is 118 Å². The third-order valence-corrected chi connectivity index (χ3v) is 25.7. The number of para-hydroxylation sites is 4. The third kappa shape index (κ3) is 15.1. The number of aromatic nitrogens is 8. The van der Waals surface area contributed by atoms with Gasteiger partial charge in [-0.2, -0.15) is 0 Å². The molecular formula is C99H72F2Ir2N8O2SSi2-4. The summed E-state index contributed by atoms with van der Waals surface area (Å²) in [7, 11) is -2.46. The zero-order chi connectivity index (χ0) is 77.8. The Labute approximate surface area is 702 Å². The normalized spacial score (nSPS) is 11.5. The fourth-order valence-corrected chi connectivity index (χ4v) is 17.8. The van der Waals surface area contributed by atoms with E-state index >= 15 is 8.78 Å². The molecule has 570 valence electrons. The van der Waals surface area contributed by atoms with E-state index < -0.39 is 22.0 Å². The number of imidazole rings is 2. The molecule has 17 heteroatoms. The van der Waals surface area contributed by atoms with E-state index in [0.717, 1.165) is 100 Å². The number of thiophene rings is 1. The van der Waals surface area contributed by atoms with Gasteiger partial charge in [0.15, 0.2) is 11.4 Å². The second-order valence-electron chi connectivity index (χ2n) is 30.1. The Morgan fingerprint density at radius 2 is 0.914 bits per heavy atom. The molecule has 0 aliphatic carbocycles. The van der Waals surface area contributed by atoms with Crippen LogP contribution in [0.4, 0.5) is 8.78 Å². The van der Waals surface area contributed by atoms with Crippen LogP contribution in [0.2, 0.25) is 39.3 Å². The summed E-state index contributed by atoms with van der Waals surface area (Å²) in [5.74, 6) is 0.612. The Morgan fingerprint density at radius 3 is 1.52 bits per heavy atom. The van der Waals surface area contributed by atoms with Crippen molar-refractivity contribution < 1.29 is 57.8 Å². The maximum atomic E-state index is 15.6. The van der Waals surface area contributed by atoms with Crippen LogP contribution in [0.3, 0.4) is 0 Å². The summed E-state index contributed by atoms with van der Waals surface area (Å²) < 4.78 is 50.5. The number of aryl methyl sites for hydroxylation is 1. The standard InChI is InChI=1S/C36H19FN3OS.C35H21FN3O.2C14H16NSi.2Ir/c37-27-20-29(21-9-2-1-3-10-21)38-33-24-12-8-13-25(34(24)41-35(27)33)36-39-28-14-5-6-15-30(28)40(36)22-17-18-32-26(19-22)23-11-4-7-16-31(23)42-32;1-21-18-19-26-25-14-9-15-27(33(25)40-35(26)37-21)34-38-30-16-7-8-17-31(30)39(34)32-24-13-6-5-12-23(24)29(36)20-28(32)22-10-3-2-4-11-22;2*1-16(2,3)13-9-10-14(15-11-13)12-7-5-4-6-8-12;;/h1-12,14-20H;2-14,16-20H,1H3;2*4-7,9-11H,1-3H3;;/q4*-1;;. The van der Waals surface area contributed by atoms with Crippen molar-refractivity contribution in [3.8, 4) is 79.0 Å². The fourth-order valence-electron chi connectivity index (χ4n) is 14.7. The molecule has 12 aromatic carbocycles. The summed E-state index contributed by atoms with van der Waals surface area (Å²) in [5.41, 5.74) is 17.2. The molecule has 2 radical (unpaired) electrons. The number of hydrogen-bond donors (Lipinski definition) is 0. The van der Waals surface area contributed by atoms with Gasteiger partial charge in [-0.3, -0.25) is 9.97 Å². The summed E-state index contributed by atoms with van der Waals surface area (Å²) in [5, 5.41) is 9.16. The molecule has 0 aliphatic rings. The van der Waals surface area contributed by atoms with Crippen molar-refractivity contribution in [3.05, 3.63) is 351 Å². The quantitative estimate of drug-likeness (QED) is 0.0983. The van der Waals surface area contributed by atoms with E-state index in [-0.39, 0.29) is 51.6 Å². The van der Waals surface area contributed by atoms with Crippen molar-refractivity contribution in [2.24, 2.45) is 0 Å². The summed E-state index contributed by atoms with van der Waals surface area (Å²) in [6.45, 7) is 15.9. The van der Waals surface area contributed by atoms with Crippen LogP contribution in [0.25, 0.3) is 176 Å². The Bertz CT molecular complexity index is 7080. The van der Waals surface area contributed by atoms with Crippen LogP contribution in [0.15, 0.2) is 318 Å². The third-order valence-electron chi connectivity index (χ3n) is 20.5. The van der Waals surface area contributed by atoms with Gasteiger partial charge in [0.2, 0.25) is 5.71 Å². The van der Waals surface area contributed by atoms with Gasteiger partial charge in [-0.1, -0.05) is 207 Å². The molecule has 0 atom stereocenters. The number of benzene rings is 12. The first-order valence-corrected chi connectivity index (χ1v) is 45.6. The van der Waals surface area contributed by atoms with E-state index in [0.29, 0.717) is 56.1 Å². The van der Waals surface area contributed by atoms with Gasteiger partial charge in [0.25, 0.3) is 0 Å². The van der Waals surface area contributed by atoms with Crippen molar-refractivity contribution >= 4 is 135 Å². The van der Waals surface area contributed by atoms with Crippen LogP contribution in [-0.4, -0.2) is 55.2 Å². The van der Waals surface area contributed by atoms with Crippen LogP contribution in [0, 0.1) is 42.8 Å². The van der Waals surface area contributed by atoms with Crippen LogP contribution < -0.4 is 10.4 Å². The molecule has 0 fully saturated rings. The van der Waals surface area contributed by atoms with Crippen LogP contribution in [0.1, 0.15) is 5.69 Å². The predicted octanol–water partition coefficient (Wildman–Crippen LogP) is 25.2. The number of hydrogen-bond acceptors (Lipinski definition) is 9. The summed E-state index contributed by atoms with van der Waals surface area (Å²) in [6, 6.07) is 111. The number of fused-ring (bicyclic) bond motifs is 12. The van der Waals surface area contributed by atoms with Crippen molar-refractivity contribution in [2.75, 3.05) is 0 Å². The molecule has 21 rings (SSSR count). The van der Waals surface area contributed by atoms with Crippen LogP contribution in [-0.2, 0) is 40.2 Å². The monoisotopic (exact) mass is 1920 g/mol. The van der Waals surface area contributed by atoms with E-state index in [1.54, 1.807) is 17.4 Å². The minimum atomic E-state index is -1.23. The molecular weight excluding hydrogens is 1840 g/mol. The van der Waals surface area contributed by atoms with E-state index in [2.05, 4.69) is 160 Å². The zero-order valence-corrected chi connectivity index (χ0v) is 71.8. The predicted molar refractivity (Wildman–Crippen MR) is 470 cm³/mol. The van der Waals surface area contributed by atoms with E-state index in [9.17, 15) is 0 Å². The first kappa shape index (κ1) is 77.8. The second kappa shape index (κ2) is 32.6. The molecule has 0 unspecified atom stereocenters. The van der Waals surface area contributed by atoms with Crippen molar-refractivity contribution in [2.45, 2.75) is 46.2 Å². The van der Waals surface area contributed by atoms with Crippen LogP contribution in [0.5, 0.6) is 0 Å². The molecule has 0 aliphatic heterocycles. The molecule has 21 aromatic rings. The van der Waals surface area contributed by atoms with Gasteiger partial charge in [-0.25, -0.2) is 18.7 Å². The van der Waals surface area contributed by atoms with E-state index in [1.165, 1.54) is 36.6 Å². The molecule has 0 saturated heterocycles. The molecule has 0 spiro atoms. The van der Waals surface area contributed by atoms with Gasteiger partial charge in [0.1, 0.15) is 11.3 Å². The summed E-state index contributed by atoms with van der Waals surface area (Å²) in [6.07, 6.45) is 4.03. The summed E-state index contributed by atoms with van der Waals surface area (Å²) in [4.78, 5) is 28.7. The molecule has 9 aromatic heterocycles. The average molecular weight is 1920 g/mol. The molecule has 9 heterocycles. The first-order valence-electron chi connectivity index (χ1n) is 37.8. The van der Waals surface area contributed by atoms with E-state index in [4.69, 9.17) is 23.8 Å². The van der Waals surface area contributed by atoms with Crippen molar-refractivity contribution in [1.82, 2.24) is 39.0 Å². The number of pyridine rings is 4. The number of rotatable bonds is 10. The van der Waals surface area contributed by atoms with Crippen molar-refractivity contribution in [3.63, 3.8) is 0 Å². The Hall–Kier alpha value is -12.1. The largest absolute Gasteiger partial charge is 0.496 e. The summed E-state index contributed by atoms with van der Waals surface area (Å²) >= 11 is 1.79. The zero-order valence-electron chi connectivity index (χ0n) is 64.2. The van der Waals surface area contributed by atoms with E-state index in [1.807, 2.05) is 232 Å². The van der Waals surface area contributed by atoms with Gasteiger partial charge in [-0.05, 0) is 106 Å². The molecule has 10 nitrogen and oxygen atoms in total. The molecule has 0 saturated carbocycles. The van der Waals surface area contributed by atoms with Gasteiger partial charge in [0.05, 0.1) is 72.4 Å². The SMILES string of the molecule is C[Si](C)(C)c1ccc(-c2[c-]cccc2)nc1.C[Si](C)(C)c1ccc(-c2[c-]cccc2)nc1.Cc1ccc2c(n1)oc1c(-c3nc4ccccc4n3-c3c(-c4ccccc4)cc(F)c4ccccc34)[c-]ccc12.Fc1cc(-c2ccccc2)nc2c1oc1c(-c3nc4ccccc4n3-c3ccc4sc5ccccc5c4c3)[c-]ccc12.[Ir].[Ir]. The number of furan rings is 2. The fraction of sp³-hybridized carbons (Fsp3) is 0.0707. The molecule has 0 amide bonds. The minimum absolute atomic E-state index is 0. The molecule has 116 heavy (non-hydrogen) atoms.